The molecule has 0 aromatic rings. The van der Waals surface area contributed by atoms with E-state index in [4.69, 9.17) is 5.11 Å². The molecule has 1 N–H and O–H groups in total. The van der Waals surface area contributed by atoms with Crippen LogP contribution >= 0.6 is 0 Å². The molecule has 0 saturated heterocycles. The van der Waals surface area contributed by atoms with E-state index < -0.39 is 17.9 Å². The number of carboxylic acid groups (broad SMARTS) is 1. The summed E-state index contributed by atoms with van der Waals surface area (Å²) in [5.41, 5.74) is 0.109. The molecule has 0 unspecified atom stereocenters. The first kappa shape index (κ1) is 11.4. The maximum Gasteiger partial charge on any atom is 0.341 e. The summed E-state index contributed by atoms with van der Waals surface area (Å²) in [5, 5.41) is 8.26. The molecule has 0 aromatic heterocycles. The summed E-state index contributed by atoms with van der Waals surface area (Å²) in [5.74, 6) is -2.57. The fourth-order valence-corrected chi connectivity index (χ4v) is 0.535. The van der Waals surface area contributed by atoms with E-state index in [0.29, 0.717) is 0 Å². The molecule has 0 atom stereocenters. The fourth-order valence-electron chi connectivity index (χ4n) is 0.535. The zero-order chi connectivity index (χ0) is 10.4. The van der Waals surface area contributed by atoms with E-state index >= 15 is 0 Å². The molecule has 0 radical (unpaired) electrons. The average molecular weight is 186 g/mol. The highest BCUT2D eigenvalue weighted by Gasteiger charge is 2.08. The van der Waals surface area contributed by atoms with E-state index in [2.05, 4.69) is 4.74 Å². The normalized spacial score (nSPS) is 10.8. The second-order valence-electron chi connectivity index (χ2n) is 2.37. The molecule has 72 valence electrons. The molecular weight excluding hydrogens is 176 g/mol. The highest BCUT2D eigenvalue weighted by atomic mass is 16.6. The van der Waals surface area contributed by atoms with Crippen molar-refractivity contribution in [1.82, 2.24) is 0 Å². The summed E-state index contributed by atoms with van der Waals surface area (Å²) in [6, 6.07) is 0. The van der Waals surface area contributed by atoms with Crippen LogP contribution in [0.1, 0.15) is 20.3 Å². The van der Waals surface area contributed by atoms with Gasteiger partial charge >= 0.3 is 17.9 Å². The number of ether oxygens (including phenoxy) is 1. The summed E-state index contributed by atoms with van der Waals surface area (Å²) in [6.07, 6.45) is 0.923. The SMILES string of the molecule is CC(=O)OC(=O)C(C)=CCC(=O)O. The molecule has 0 aliphatic carbocycles. The first-order valence-corrected chi connectivity index (χ1v) is 3.54. The van der Waals surface area contributed by atoms with E-state index in [9.17, 15) is 14.4 Å². The Morgan fingerprint density at radius 1 is 1.31 bits per heavy atom. The summed E-state index contributed by atoms with van der Waals surface area (Å²) < 4.78 is 4.21. The van der Waals surface area contributed by atoms with Gasteiger partial charge in [0.1, 0.15) is 0 Å². The Hall–Kier alpha value is -1.65. The maximum atomic E-state index is 10.9. The fraction of sp³-hybridized carbons (Fsp3) is 0.375. The number of rotatable bonds is 3. The molecule has 5 heteroatoms. The second kappa shape index (κ2) is 5.08. The molecule has 0 rings (SSSR count). The van der Waals surface area contributed by atoms with E-state index in [0.717, 1.165) is 6.92 Å². The van der Waals surface area contributed by atoms with Crippen molar-refractivity contribution in [2.75, 3.05) is 0 Å². The van der Waals surface area contributed by atoms with Crippen molar-refractivity contribution in [3.05, 3.63) is 11.6 Å². The lowest BCUT2D eigenvalue weighted by atomic mass is 10.2. The van der Waals surface area contributed by atoms with Gasteiger partial charge in [-0.1, -0.05) is 6.08 Å². The minimum atomic E-state index is -1.05. The van der Waals surface area contributed by atoms with Crippen molar-refractivity contribution in [2.45, 2.75) is 20.3 Å². The lowest BCUT2D eigenvalue weighted by molar-refractivity contribution is -0.155. The van der Waals surface area contributed by atoms with Gasteiger partial charge in [0.2, 0.25) is 0 Å². The van der Waals surface area contributed by atoms with Gasteiger partial charge in [-0.15, -0.1) is 0 Å². The van der Waals surface area contributed by atoms with E-state index in [1.165, 1.54) is 13.0 Å². The maximum absolute atomic E-state index is 10.9. The molecule has 0 saturated carbocycles. The first-order valence-electron chi connectivity index (χ1n) is 3.54. The van der Waals surface area contributed by atoms with Crippen LogP contribution in [0.4, 0.5) is 0 Å². The number of carbonyl (C=O) groups is 3. The molecule has 0 fully saturated rings. The Morgan fingerprint density at radius 3 is 2.23 bits per heavy atom. The quantitative estimate of drug-likeness (QED) is 0.394. The first-order chi connectivity index (χ1) is 5.93. The van der Waals surface area contributed by atoms with Gasteiger partial charge in [-0.05, 0) is 6.92 Å². The molecular formula is C8H10O5. The van der Waals surface area contributed by atoms with Gasteiger partial charge in [0, 0.05) is 12.5 Å². The molecule has 0 bridgehead atoms. The minimum Gasteiger partial charge on any atom is -0.481 e. The van der Waals surface area contributed by atoms with Crippen LogP contribution in [0.2, 0.25) is 0 Å². The molecule has 0 aliphatic rings. The van der Waals surface area contributed by atoms with Crippen molar-refractivity contribution in [1.29, 1.82) is 0 Å². The number of hydrogen-bond acceptors (Lipinski definition) is 4. The highest BCUT2D eigenvalue weighted by molar-refractivity contribution is 5.95. The molecule has 0 aliphatic heterocycles. The molecule has 0 heterocycles. The van der Waals surface area contributed by atoms with Crippen LogP contribution in [0.3, 0.4) is 0 Å². The van der Waals surface area contributed by atoms with Crippen LogP contribution in [0.5, 0.6) is 0 Å². The predicted octanol–water partition coefficient (Wildman–Crippen LogP) is 0.497. The Morgan fingerprint density at radius 2 is 1.85 bits per heavy atom. The highest BCUT2D eigenvalue weighted by Crippen LogP contribution is 1.99. The smallest absolute Gasteiger partial charge is 0.341 e. The largest absolute Gasteiger partial charge is 0.481 e. The van der Waals surface area contributed by atoms with Crippen molar-refractivity contribution < 1.29 is 24.2 Å². The van der Waals surface area contributed by atoms with Gasteiger partial charge in [-0.2, -0.15) is 0 Å². The third kappa shape index (κ3) is 5.60. The van der Waals surface area contributed by atoms with Gasteiger partial charge in [-0.25, -0.2) is 4.79 Å². The van der Waals surface area contributed by atoms with E-state index in [1.54, 1.807) is 0 Å². The topological polar surface area (TPSA) is 80.7 Å². The number of esters is 2. The summed E-state index contributed by atoms with van der Waals surface area (Å²) in [7, 11) is 0. The molecule has 0 amide bonds. The van der Waals surface area contributed by atoms with Crippen molar-refractivity contribution in [2.24, 2.45) is 0 Å². The standard InChI is InChI=1S/C8H10O5/c1-5(3-4-7(10)11)8(12)13-6(2)9/h3H,4H2,1-2H3,(H,10,11). The van der Waals surface area contributed by atoms with Gasteiger partial charge in [0.05, 0.1) is 6.42 Å². The van der Waals surface area contributed by atoms with Gasteiger partial charge in [-0.3, -0.25) is 9.59 Å². The molecule has 5 nitrogen and oxygen atoms in total. The molecule has 0 aromatic carbocycles. The van der Waals surface area contributed by atoms with Crippen molar-refractivity contribution >= 4 is 17.9 Å². The molecule has 13 heavy (non-hydrogen) atoms. The van der Waals surface area contributed by atoms with Crippen LogP contribution in [-0.2, 0) is 19.1 Å². The van der Waals surface area contributed by atoms with Gasteiger partial charge in [0.15, 0.2) is 0 Å². The van der Waals surface area contributed by atoms with Crippen molar-refractivity contribution in [3.63, 3.8) is 0 Å². The monoisotopic (exact) mass is 186 g/mol. The third-order valence-corrected chi connectivity index (χ3v) is 1.14. The van der Waals surface area contributed by atoms with E-state index in [1.807, 2.05) is 0 Å². The second-order valence-corrected chi connectivity index (χ2v) is 2.37. The number of carbonyl (C=O) groups excluding carboxylic acids is 2. The van der Waals surface area contributed by atoms with Crippen LogP contribution in [-0.4, -0.2) is 23.0 Å². The van der Waals surface area contributed by atoms with Crippen LogP contribution in [0, 0.1) is 0 Å². The number of aliphatic carboxylic acids is 1. The molecule has 0 spiro atoms. The summed E-state index contributed by atoms with van der Waals surface area (Å²) in [4.78, 5) is 31.3. The lowest BCUT2D eigenvalue weighted by Crippen LogP contribution is -2.10. The number of hydrogen-bond donors (Lipinski definition) is 1. The summed E-state index contributed by atoms with van der Waals surface area (Å²) in [6.45, 7) is 2.48. The Balaban J connectivity index is 4.16. The van der Waals surface area contributed by atoms with Crippen LogP contribution in [0.25, 0.3) is 0 Å². The van der Waals surface area contributed by atoms with Gasteiger partial charge < -0.3 is 9.84 Å². The number of carboxylic acids is 1. The lowest BCUT2D eigenvalue weighted by Gasteiger charge is -1.98. The Kier molecular flexibility index (Phi) is 4.43. The van der Waals surface area contributed by atoms with Gasteiger partial charge in [0.25, 0.3) is 0 Å². The zero-order valence-corrected chi connectivity index (χ0v) is 7.36. The summed E-state index contributed by atoms with van der Waals surface area (Å²) >= 11 is 0. The Labute approximate surface area is 75.0 Å². The van der Waals surface area contributed by atoms with E-state index in [-0.39, 0.29) is 12.0 Å². The van der Waals surface area contributed by atoms with Crippen molar-refractivity contribution in [3.8, 4) is 0 Å². The Bertz CT molecular complexity index is 264. The predicted molar refractivity (Wildman–Crippen MR) is 42.8 cm³/mol. The van der Waals surface area contributed by atoms with Crippen LogP contribution < -0.4 is 0 Å². The minimum absolute atomic E-state index is 0.109. The third-order valence-electron chi connectivity index (χ3n) is 1.14. The van der Waals surface area contributed by atoms with Crippen LogP contribution in [0.15, 0.2) is 11.6 Å². The zero-order valence-electron chi connectivity index (χ0n) is 7.36. The average Bonchev–Trinajstić information content (AvgIpc) is 1.98.